The Morgan fingerprint density at radius 2 is 2.14 bits per heavy atom. The summed E-state index contributed by atoms with van der Waals surface area (Å²) in [4.78, 5) is 18.4. The molecule has 5 nitrogen and oxygen atoms in total. The van der Waals surface area contributed by atoms with Crippen molar-refractivity contribution in [2.45, 2.75) is 38.5 Å². The summed E-state index contributed by atoms with van der Waals surface area (Å²) in [7, 11) is 0. The highest BCUT2D eigenvalue weighted by Gasteiger charge is 2.35. The highest BCUT2D eigenvalue weighted by Crippen LogP contribution is 2.33. The molecule has 0 saturated carbocycles. The van der Waals surface area contributed by atoms with E-state index in [1.54, 1.807) is 6.92 Å². The van der Waals surface area contributed by atoms with Crippen LogP contribution in [0.1, 0.15) is 41.6 Å². The maximum Gasteiger partial charge on any atom is 0.232 e. The van der Waals surface area contributed by atoms with E-state index < -0.39 is 0 Å². The fraction of sp³-hybridized carbons (Fsp3) is 0.438. The third kappa shape index (κ3) is 2.13. The van der Waals surface area contributed by atoms with Gasteiger partial charge in [-0.3, -0.25) is 4.79 Å². The molecule has 1 aromatic carbocycles. The minimum atomic E-state index is 0.00644. The zero-order chi connectivity index (χ0) is 14.4. The highest BCUT2D eigenvalue weighted by atomic mass is 16.5. The van der Waals surface area contributed by atoms with Crippen LogP contribution in [0.3, 0.4) is 0 Å². The van der Waals surface area contributed by atoms with Gasteiger partial charge in [0.25, 0.3) is 0 Å². The molecule has 4 rings (SSSR count). The van der Waals surface area contributed by atoms with Crippen LogP contribution in [0.4, 0.5) is 5.69 Å². The van der Waals surface area contributed by atoms with Gasteiger partial charge in [0.15, 0.2) is 5.82 Å². The van der Waals surface area contributed by atoms with Crippen molar-refractivity contribution in [3.8, 4) is 0 Å². The lowest BCUT2D eigenvalue weighted by atomic mass is 10.1. The van der Waals surface area contributed by atoms with Crippen molar-refractivity contribution in [2.24, 2.45) is 0 Å². The van der Waals surface area contributed by atoms with Gasteiger partial charge in [-0.25, -0.2) is 0 Å². The van der Waals surface area contributed by atoms with Crippen LogP contribution in [0, 0.1) is 6.92 Å². The van der Waals surface area contributed by atoms with E-state index in [4.69, 9.17) is 4.52 Å². The number of aryl methyl sites for hydroxylation is 3. The average molecular weight is 283 g/mol. The largest absolute Gasteiger partial charge is 0.339 e. The molecular weight excluding hydrogens is 266 g/mol. The molecule has 1 saturated heterocycles. The smallest absolute Gasteiger partial charge is 0.232 e. The Kier molecular flexibility index (Phi) is 2.80. The normalized spacial score (nSPS) is 21.1. The Morgan fingerprint density at radius 3 is 2.95 bits per heavy atom. The first kappa shape index (κ1) is 12.6. The molecular formula is C16H17N3O2. The van der Waals surface area contributed by atoms with E-state index in [0.29, 0.717) is 24.7 Å². The molecule has 21 heavy (non-hydrogen) atoms. The molecule has 2 heterocycles. The molecule has 0 spiro atoms. The van der Waals surface area contributed by atoms with Crippen LogP contribution in [0.15, 0.2) is 22.7 Å². The van der Waals surface area contributed by atoms with Gasteiger partial charge >= 0.3 is 0 Å². The predicted molar refractivity (Wildman–Crippen MR) is 77.2 cm³/mol. The van der Waals surface area contributed by atoms with Gasteiger partial charge < -0.3 is 9.42 Å². The fourth-order valence-corrected chi connectivity index (χ4v) is 3.33. The Balaban J connectivity index is 1.60. The first-order valence-electron chi connectivity index (χ1n) is 7.43. The molecule has 1 atom stereocenters. The molecule has 1 aliphatic heterocycles. The summed E-state index contributed by atoms with van der Waals surface area (Å²) in [5.41, 5.74) is 3.81. The molecule has 1 aromatic heterocycles. The number of benzene rings is 1. The van der Waals surface area contributed by atoms with E-state index in [9.17, 15) is 4.79 Å². The van der Waals surface area contributed by atoms with E-state index in [-0.39, 0.29) is 11.8 Å². The lowest BCUT2D eigenvalue weighted by molar-refractivity contribution is -0.117. The van der Waals surface area contributed by atoms with E-state index >= 15 is 0 Å². The van der Waals surface area contributed by atoms with Crippen LogP contribution >= 0.6 is 0 Å². The molecule has 5 heteroatoms. The summed E-state index contributed by atoms with van der Waals surface area (Å²) in [6, 6.07) is 6.39. The summed E-state index contributed by atoms with van der Waals surface area (Å²) in [5.74, 6) is 1.33. The molecule has 0 unspecified atom stereocenters. The molecule has 2 aromatic rings. The molecule has 0 bridgehead atoms. The van der Waals surface area contributed by atoms with Gasteiger partial charge in [0, 0.05) is 18.7 Å². The molecule has 1 aliphatic carbocycles. The standard InChI is InChI=1S/C16H17N3O2/c1-10-17-16(21-18-10)13-8-15(20)19(9-13)14-6-5-11-3-2-4-12(11)7-14/h5-7,13H,2-4,8-9H2,1H3/t13-/m0/s1. The Hall–Kier alpha value is -2.17. The molecule has 2 aliphatic rings. The van der Waals surface area contributed by atoms with Crippen LogP contribution in [-0.4, -0.2) is 22.6 Å². The topological polar surface area (TPSA) is 59.2 Å². The first-order valence-corrected chi connectivity index (χ1v) is 7.43. The maximum atomic E-state index is 12.3. The monoisotopic (exact) mass is 283 g/mol. The molecule has 0 N–H and O–H groups in total. The number of amides is 1. The number of carbonyl (C=O) groups excluding carboxylic acids is 1. The molecule has 1 amide bonds. The van der Waals surface area contributed by atoms with Crippen LogP contribution in [-0.2, 0) is 17.6 Å². The van der Waals surface area contributed by atoms with Crippen molar-refractivity contribution < 1.29 is 9.32 Å². The number of hydrogen-bond donors (Lipinski definition) is 0. The maximum absolute atomic E-state index is 12.3. The van der Waals surface area contributed by atoms with Crippen molar-refractivity contribution in [1.82, 2.24) is 10.1 Å². The van der Waals surface area contributed by atoms with Crippen LogP contribution in [0.5, 0.6) is 0 Å². The van der Waals surface area contributed by atoms with Gasteiger partial charge in [-0.15, -0.1) is 0 Å². The zero-order valence-electron chi connectivity index (χ0n) is 12.0. The number of hydrogen-bond acceptors (Lipinski definition) is 4. The van der Waals surface area contributed by atoms with E-state index in [2.05, 4.69) is 28.3 Å². The van der Waals surface area contributed by atoms with E-state index in [0.717, 1.165) is 18.5 Å². The number of carbonyl (C=O) groups is 1. The fourth-order valence-electron chi connectivity index (χ4n) is 3.33. The van der Waals surface area contributed by atoms with Crippen LogP contribution < -0.4 is 4.90 Å². The third-order valence-corrected chi connectivity index (χ3v) is 4.41. The summed E-state index contributed by atoms with van der Waals surface area (Å²) in [5, 5.41) is 3.82. The number of fused-ring (bicyclic) bond motifs is 1. The first-order chi connectivity index (χ1) is 10.2. The van der Waals surface area contributed by atoms with Gasteiger partial charge in [-0.1, -0.05) is 11.2 Å². The average Bonchev–Trinajstić information content (AvgIpc) is 3.17. The van der Waals surface area contributed by atoms with Gasteiger partial charge in [0.2, 0.25) is 11.8 Å². The second-order valence-corrected chi connectivity index (χ2v) is 5.89. The SMILES string of the molecule is Cc1noc([C@H]2CC(=O)N(c3ccc4c(c3)CCC4)C2)n1. The lowest BCUT2D eigenvalue weighted by Gasteiger charge is -2.17. The number of rotatable bonds is 2. The summed E-state index contributed by atoms with van der Waals surface area (Å²) in [6.07, 6.45) is 3.94. The second-order valence-electron chi connectivity index (χ2n) is 5.89. The second kappa shape index (κ2) is 4.69. The van der Waals surface area contributed by atoms with Crippen molar-refractivity contribution >= 4 is 11.6 Å². The minimum absolute atomic E-state index is 0.00644. The highest BCUT2D eigenvalue weighted by molar-refractivity contribution is 5.96. The van der Waals surface area contributed by atoms with Gasteiger partial charge in [0.05, 0.1) is 5.92 Å². The molecule has 0 radical (unpaired) electrons. The van der Waals surface area contributed by atoms with Gasteiger partial charge in [-0.2, -0.15) is 4.98 Å². The van der Waals surface area contributed by atoms with Crippen molar-refractivity contribution in [1.29, 1.82) is 0 Å². The third-order valence-electron chi connectivity index (χ3n) is 4.41. The predicted octanol–water partition coefficient (Wildman–Crippen LogP) is 2.39. The minimum Gasteiger partial charge on any atom is -0.339 e. The lowest BCUT2D eigenvalue weighted by Crippen LogP contribution is -2.24. The Morgan fingerprint density at radius 1 is 1.29 bits per heavy atom. The number of nitrogens with zero attached hydrogens (tertiary/aromatic N) is 3. The summed E-state index contributed by atoms with van der Waals surface area (Å²) < 4.78 is 5.21. The zero-order valence-corrected chi connectivity index (χ0v) is 12.0. The molecule has 108 valence electrons. The quantitative estimate of drug-likeness (QED) is 0.849. The number of anilines is 1. The van der Waals surface area contributed by atoms with Crippen LogP contribution in [0.25, 0.3) is 0 Å². The Bertz CT molecular complexity index is 707. The Labute approximate surface area is 123 Å². The van der Waals surface area contributed by atoms with Crippen LogP contribution in [0.2, 0.25) is 0 Å². The van der Waals surface area contributed by atoms with Crippen molar-refractivity contribution in [3.05, 3.63) is 41.0 Å². The number of aromatic nitrogens is 2. The van der Waals surface area contributed by atoms with Crippen molar-refractivity contribution in [2.75, 3.05) is 11.4 Å². The molecule has 1 fully saturated rings. The van der Waals surface area contributed by atoms with E-state index in [1.807, 2.05) is 4.90 Å². The van der Waals surface area contributed by atoms with Gasteiger partial charge in [0.1, 0.15) is 0 Å². The summed E-state index contributed by atoms with van der Waals surface area (Å²) in [6.45, 7) is 2.42. The summed E-state index contributed by atoms with van der Waals surface area (Å²) >= 11 is 0. The van der Waals surface area contributed by atoms with Gasteiger partial charge in [-0.05, 0) is 49.4 Å². The van der Waals surface area contributed by atoms with Crippen molar-refractivity contribution in [3.63, 3.8) is 0 Å². The van der Waals surface area contributed by atoms with E-state index in [1.165, 1.54) is 17.5 Å².